The van der Waals surface area contributed by atoms with Crippen molar-refractivity contribution in [3.05, 3.63) is 0 Å². The number of aliphatic carboxylic acids is 1. The van der Waals surface area contributed by atoms with Crippen LogP contribution in [-0.4, -0.2) is 16.7 Å². The summed E-state index contributed by atoms with van der Waals surface area (Å²) < 4.78 is 0. The van der Waals surface area contributed by atoms with Gasteiger partial charge in [-0.2, -0.15) is 0 Å². The normalized spacial score (nSPS) is 15.6. The molecular weight excluding hydrogens is 216 g/mol. The minimum absolute atomic E-state index is 0.335. The van der Waals surface area contributed by atoms with Crippen LogP contribution in [0.2, 0.25) is 0 Å². The first-order chi connectivity index (χ1) is 7.72. The second-order valence-corrected chi connectivity index (χ2v) is 5.96. The maximum absolute atomic E-state index is 10.5. The number of carbonyl (C=O) groups is 1. The van der Waals surface area contributed by atoms with E-state index in [9.17, 15) is 15.0 Å². The first kappa shape index (κ1) is 16.4. The van der Waals surface area contributed by atoms with Gasteiger partial charge in [0.25, 0.3) is 0 Å². The van der Waals surface area contributed by atoms with Crippen LogP contribution in [0.3, 0.4) is 0 Å². The molecule has 0 rings (SSSR count). The van der Waals surface area contributed by atoms with Crippen molar-refractivity contribution in [1.82, 2.24) is 0 Å². The molecule has 0 fully saturated rings. The van der Waals surface area contributed by atoms with Crippen LogP contribution in [-0.2, 0) is 4.79 Å². The van der Waals surface area contributed by atoms with E-state index < -0.39 is 11.6 Å². The number of hydrogen-bond donors (Lipinski definition) is 1. The highest BCUT2D eigenvalue weighted by atomic mass is 16.4. The molecule has 0 aromatic carbocycles. The van der Waals surface area contributed by atoms with Crippen LogP contribution >= 0.6 is 0 Å². The second kappa shape index (κ2) is 7.70. The zero-order valence-corrected chi connectivity index (χ0v) is 11.7. The summed E-state index contributed by atoms with van der Waals surface area (Å²) in [5, 5.41) is 20.1. The zero-order valence-electron chi connectivity index (χ0n) is 11.7. The fourth-order valence-electron chi connectivity index (χ4n) is 1.92. The maximum atomic E-state index is 10.5. The van der Waals surface area contributed by atoms with Crippen LogP contribution in [0.5, 0.6) is 0 Å². The highest BCUT2D eigenvalue weighted by Crippen LogP contribution is 2.20. The standard InChI is InChI=1S/C14H28O3/c1-11(8-6-10-14(3,4)17)7-5-9-12(2)13(15)16/h11-12,17H,5-10H2,1-4H3,(H,15,16)/p-1. The van der Waals surface area contributed by atoms with Crippen LogP contribution in [0.25, 0.3) is 0 Å². The monoisotopic (exact) mass is 243 g/mol. The lowest BCUT2D eigenvalue weighted by atomic mass is 9.92. The fraction of sp³-hybridized carbons (Fsp3) is 0.929. The molecule has 0 spiro atoms. The summed E-state index contributed by atoms with van der Waals surface area (Å²) in [6, 6.07) is 0. The van der Waals surface area contributed by atoms with E-state index in [4.69, 9.17) is 0 Å². The Morgan fingerprint density at radius 3 is 2.18 bits per heavy atom. The van der Waals surface area contributed by atoms with Crippen LogP contribution in [0.4, 0.5) is 0 Å². The Kier molecular flexibility index (Phi) is 7.44. The Morgan fingerprint density at radius 2 is 1.71 bits per heavy atom. The van der Waals surface area contributed by atoms with Gasteiger partial charge in [0, 0.05) is 5.97 Å². The Morgan fingerprint density at radius 1 is 1.18 bits per heavy atom. The van der Waals surface area contributed by atoms with Crippen molar-refractivity contribution in [2.24, 2.45) is 11.8 Å². The van der Waals surface area contributed by atoms with E-state index in [-0.39, 0.29) is 5.92 Å². The molecule has 0 bridgehead atoms. The van der Waals surface area contributed by atoms with Gasteiger partial charge in [-0.15, -0.1) is 0 Å². The highest BCUT2D eigenvalue weighted by molar-refractivity contribution is 5.66. The van der Waals surface area contributed by atoms with Crippen molar-refractivity contribution in [1.29, 1.82) is 0 Å². The van der Waals surface area contributed by atoms with Gasteiger partial charge in [-0.05, 0) is 38.5 Å². The smallest absolute Gasteiger partial charge is 0.0591 e. The number of aliphatic hydroxyl groups is 1. The molecule has 0 aliphatic carbocycles. The summed E-state index contributed by atoms with van der Waals surface area (Å²) in [6.07, 6.45) is 5.66. The number of hydrogen-bond acceptors (Lipinski definition) is 3. The lowest BCUT2D eigenvalue weighted by Crippen LogP contribution is -2.29. The molecule has 102 valence electrons. The lowest BCUT2D eigenvalue weighted by molar-refractivity contribution is -0.311. The number of carbonyl (C=O) groups excluding carboxylic acids is 1. The maximum Gasteiger partial charge on any atom is 0.0591 e. The van der Waals surface area contributed by atoms with Crippen LogP contribution in [0.1, 0.15) is 66.2 Å². The van der Waals surface area contributed by atoms with E-state index in [1.807, 2.05) is 13.8 Å². The van der Waals surface area contributed by atoms with E-state index in [2.05, 4.69) is 6.92 Å². The molecule has 0 saturated heterocycles. The van der Waals surface area contributed by atoms with Crippen molar-refractivity contribution in [3.8, 4) is 0 Å². The molecule has 0 radical (unpaired) electrons. The molecule has 3 heteroatoms. The van der Waals surface area contributed by atoms with Crippen molar-refractivity contribution >= 4 is 5.97 Å². The molecule has 0 heterocycles. The molecule has 17 heavy (non-hydrogen) atoms. The van der Waals surface area contributed by atoms with E-state index in [1.54, 1.807) is 6.92 Å². The van der Waals surface area contributed by atoms with E-state index in [0.29, 0.717) is 12.3 Å². The lowest BCUT2D eigenvalue weighted by Gasteiger charge is -2.19. The third kappa shape index (κ3) is 10.3. The molecule has 2 atom stereocenters. The second-order valence-electron chi connectivity index (χ2n) is 5.96. The molecule has 0 saturated carbocycles. The largest absolute Gasteiger partial charge is 0.550 e. The summed E-state index contributed by atoms with van der Waals surface area (Å²) >= 11 is 0. The fourth-order valence-corrected chi connectivity index (χ4v) is 1.92. The molecule has 0 aliphatic rings. The molecule has 2 unspecified atom stereocenters. The van der Waals surface area contributed by atoms with Gasteiger partial charge in [0.2, 0.25) is 0 Å². The summed E-state index contributed by atoms with van der Waals surface area (Å²) in [7, 11) is 0. The minimum atomic E-state index is -0.945. The van der Waals surface area contributed by atoms with Crippen molar-refractivity contribution in [2.45, 2.75) is 71.8 Å². The third-order valence-corrected chi connectivity index (χ3v) is 3.22. The predicted octanol–water partition coefficient (Wildman–Crippen LogP) is 2.12. The molecule has 0 aliphatic heterocycles. The van der Waals surface area contributed by atoms with Gasteiger partial charge in [-0.3, -0.25) is 0 Å². The first-order valence-electron chi connectivity index (χ1n) is 6.65. The average Bonchev–Trinajstić information content (AvgIpc) is 2.15. The average molecular weight is 243 g/mol. The highest BCUT2D eigenvalue weighted by Gasteiger charge is 2.13. The molecule has 1 N–H and O–H groups in total. The summed E-state index contributed by atoms with van der Waals surface area (Å²) in [5.74, 6) is -0.676. The van der Waals surface area contributed by atoms with Gasteiger partial charge in [-0.1, -0.05) is 39.5 Å². The number of carboxylic acid groups (broad SMARTS) is 1. The number of carboxylic acids is 1. The van der Waals surface area contributed by atoms with Gasteiger partial charge in [-0.25, -0.2) is 0 Å². The van der Waals surface area contributed by atoms with Crippen molar-refractivity contribution < 1.29 is 15.0 Å². The molecular formula is C14H27O3-. The Bertz CT molecular complexity index is 218. The predicted molar refractivity (Wildman–Crippen MR) is 67.3 cm³/mol. The van der Waals surface area contributed by atoms with Crippen molar-refractivity contribution in [3.63, 3.8) is 0 Å². The van der Waals surface area contributed by atoms with E-state index in [1.165, 1.54) is 0 Å². The van der Waals surface area contributed by atoms with E-state index >= 15 is 0 Å². The van der Waals surface area contributed by atoms with Gasteiger partial charge in [0.15, 0.2) is 0 Å². The molecule has 3 nitrogen and oxygen atoms in total. The Labute approximate surface area is 105 Å². The molecule has 0 amide bonds. The minimum Gasteiger partial charge on any atom is -0.550 e. The van der Waals surface area contributed by atoms with Gasteiger partial charge >= 0.3 is 0 Å². The zero-order chi connectivity index (χ0) is 13.5. The SMILES string of the molecule is CC(CCCC(C)C(=O)[O-])CCCC(C)(C)O. The van der Waals surface area contributed by atoms with E-state index in [0.717, 1.165) is 32.1 Å². The van der Waals surface area contributed by atoms with Gasteiger partial charge in [0.1, 0.15) is 0 Å². The quantitative estimate of drug-likeness (QED) is 0.674. The van der Waals surface area contributed by atoms with Crippen LogP contribution in [0, 0.1) is 11.8 Å². The topological polar surface area (TPSA) is 60.4 Å². The van der Waals surface area contributed by atoms with Crippen LogP contribution < -0.4 is 5.11 Å². The number of rotatable bonds is 9. The summed E-state index contributed by atoms with van der Waals surface area (Å²) in [6.45, 7) is 7.56. The third-order valence-electron chi connectivity index (χ3n) is 3.22. The van der Waals surface area contributed by atoms with Gasteiger partial charge in [0.05, 0.1) is 5.60 Å². The first-order valence-corrected chi connectivity index (χ1v) is 6.65. The summed E-state index contributed by atoms with van der Waals surface area (Å²) in [4.78, 5) is 10.5. The van der Waals surface area contributed by atoms with Crippen molar-refractivity contribution in [2.75, 3.05) is 0 Å². The van der Waals surface area contributed by atoms with Crippen LogP contribution in [0.15, 0.2) is 0 Å². The Hall–Kier alpha value is -0.570. The Balaban J connectivity index is 3.53. The summed E-state index contributed by atoms with van der Waals surface area (Å²) in [5.41, 5.74) is -0.566. The molecule has 0 aromatic heterocycles. The molecule has 0 aromatic rings. The van der Waals surface area contributed by atoms with Gasteiger partial charge < -0.3 is 15.0 Å².